The molecule has 0 amide bonds. The normalized spacial score (nSPS) is 13.0. The molecule has 0 aliphatic carbocycles. The van der Waals surface area contributed by atoms with Gasteiger partial charge in [-0.2, -0.15) is 0 Å². The van der Waals surface area contributed by atoms with E-state index < -0.39 is 0 Å². The van der Waals surface area contributed by atoms with E-state index in [2.05, 4.69) is 70.7 Å². The third-order valence-corrected chi connectivity index (χ3v) is 4.70. The van der Waals surface area contributed by atoms with E-state index in [0.717, 1.165) is 16.7 Å². The molecule has 0 fully saturated rings. The van der Waals surface area contributed by atoms with Gasteiger partial charge in [-0.1, -0.05) is 17.4 Å². The Kier molecular flexibility index (Phi) is 4.13. The molecule has 0 spiro atoms. The molecule has 0 aliphatic rings. The lowest BCUT2D eigenvalue weighted by Crippen LogP contribution is -2.16. The fourth-order valence-corrected chi connectivity index (χ4v) is 2.95. The van der Waals surface area contributed by atoms with Crippen LogP contribution in [0, 0.1) is 6.92 Å². The van der Waals surface area contributed by atoms with E-state index in [9.17, 15) is 0 Å². The zero-order chi connectivity index (χ0) is 15.7. The van der Waals surface area contributed by atoms with Crippen molar-refractivity contribution in [3.05, 3.63) is 40.5 Å². The minimum absolute atomic E-state index is 0.373. The summed E-state index contributed by atoms with van der Waals surface area (Å²) in [5, 5.41) is 14.5. The Hall–Kier alpha value is -1.92. The third kappa shape index (κ3) is 3.13. The Labute approximate surface area is 134 Å². The second kappa shape index (κ2) is 6.06. The fraction of sp³-hybridized carbons (Fsp3) is 0.375. The van der Waals surface area contributed by atoms with E-state index in [4.69, 9.17) is 0 Å². The zero-order valence-corrected chi connectivity index (χ0v) is 14.2. The highest BCUT2D eigenvalue weighted by Gasteiger charge is 2.11. The van der Waals surface area contributed by atoms with Crippen LogP contribution in [-0.4, -0.2) is 34.2 Å². The Morgan fingerprint density at radius 2 is 2.09 bits per heavy atom. The van der Waals surface area contributed by atoms with Crippen molar-refractivity contribution in [3.63, 3.8) is 0 Å². The van der Waals surface area contributed by atoms with Crippen LogP contribution >= 0.6 is 11.3 Å². The molecule has 0 aliphatic heterocycles. The maximum Gasteiger partial charge on any atom is 0.205 e. The minimum Gasteiger partial charge on any atom is -0.357 e. The van der Waals surface area contributed by atoms with E-state index in [1.165, 1.54) is 22.2 Å². The highest BCUT2D eigenvalue weighted by Crippen LogP contribution is 2.24. The average Bonchev–Trinajstić information content (AvgIpc) is 3.09. The highest BCUT2D eigenvalue weighted by atomic mass is 32.1. The number of rotatable bonds is 5. The molecular formula is C16H21N5S. The van der Waals surface area contributed by atoms with Crippen molar-refractivity contribution in [1.29, 1.82) is 0 Å². The molecule has 6 heteroatoms. The van der Waals surface area contributed by atoms with Gasteiger partial charge in [0.1, 0.15) is 5.01 Å². The lowest BCUT2D eigenvalue weighted by atomic mass is 10.1. The topological polar surface area (TPSA) is 56.8 Å². The Balaban J connectivity index is 1.77. The molecule has 1 unspecified atom stereocenters. The molecule has 116 valence electrons. The summed E-state index contributed by atoms with van der Waals surface area (Å²) >= 11 is 1.58. The van der Waals surface area contributed by atoms with Crippen LogP contribution in [0.15, 0.2) is 24.3 Å². The smallest absolute Gasteiger partial charge is 0.205 e. The van der Waals surface area contributed by atoms with Crippen molar-refractivity contribution in [1.82, 2.24) is 20.1 Å². The lowest BCUT2D eigenvalue weighted by Gasteiger charge is -2.17. The Morgan fingerprint density at radius 3 is 2.77 bits per heavy atom. The van der Waals surface area contributed by atoms with Gasteiger partial charge in [-0.05, 0) is 51.7 Å². The van der Waals surface area contributed by atoms with E-state index in [0.29, 0.717) is 6.04 Å². The third-order valence-electron chi connectivity index (χ3n) is 3.90. The van der Waals surface area contributed by atoms with Gasteiger partial charge in [0.05, 0.1) is 0 Å². The van der Waals surface area contributed by atoms with E-state index >= 15 is 0 Å². The second-order valence-corrected chi connectivity index (χ2v) is 6.95. The quantitative estimate of drug-likeness (QED) is 0.756. The van der Waals surface area contributed by atoms with Crippen molar-refractivity contribution in [3.8, 4) is 0 Å². The number of nitrogens with zero attached hydrogens (tertiary/aromatic N) is 3. The summed E-state index contributed by atoms with van der Waals surface area (Å²) in [7, 11) is 4.19. The summed E-state index contributed by atoms with van der Waals surface area (Å²) in [5.74, 6) is 0. The van der Waals surface area contributed by atoms with Gasteiger partial charge in [-0.15, -0.1) is 10.2 Å². The van der Waals surface area contributed by atoms with Gasteiger partial charge in [0.15, 0.2) is 0 Å². The van der Waals surface area contributed by atoms with Crippen molar-refractivity contribution in [2.75, 3.05) is 19.4 Å². The van der Waals surface area contributed by atoms with Crippen molar-refractivity contribution < 1.29 is 0 Å². The number of fused-ring (bicyclic) bond motifs is 1. The standard InChI is InChI=1S/C16H21N5S/c1-10(21(3)4)15-8-13-7-12(5-6-14(13)18-15)9-17-16-20-19-11(2)22-16/h5-8,10,18H,9H2,1-4H3,(H,17,20). The van der Waals surface area contributed by atoms with Crippen LogP contribution < -0.4 is 5.32 Å². The molecule has 2 aromatic heterocycles. The number of aromatic nitrogens is 3. The largest absolute Gasteiger partial charge is 0.357 e. The number of anilines is 1. The van der Waals surface area contributed by atoms with Crippen LogP contribution in [0.2, 0.25) is 0 Å². The molecule has 22 heavy (non-hydrogen) atoms. The monoisotopic (exact) mass is 315 g/mol. The summed E-state index contributed by atoms with van der Waals surface area (Å²) in [6.07, 6.45) is 0. The van der Waals surface area contributed by atoms with E-state index in [1.54, 1.807) is 11.3 Å². The van der Waals surface area contributed by atoms with Gasteiger partial charge in [0, 0.05) is 29.2 Å². The van der Waals surface area contributed by atoms with E-state index in [1.807, 2.05) is 6.92 Å². The molecule has 1 aromatic carbocycles. The van der Waals surface area contributed by atoms with Gasteiger partial charge in [0.2, 0.25) is 5.13 Å². The lowest BCUT2D eigenvalue weighted by molar-refractivity contribution is 0.316. The van der Waals surface area contributed by atoms with E-state index in [-0.39, 0.29) is 0 Å². The van der Waals surface area contributed by atoms with Crippen LogP contribution in [0.3, 0.4) is 0 Å². The minimum atomic E-state index is 0.373. The number of H-pyrrole nitrogens is 1. The number of hydrogen-bond donors (Lipinski definition) is 2. The predicted molar refractivity (Wildman–Crippen MR) is 92.4 cm³/mol. The van der Waals surface area contributed by atoms with Crippen LogP contribution in [-0.2, 0) is 6.54 Å². The number of nitrogens with one attached hydrogen (secondary N) is 2. The van der Waals surface area contributed by atoms with Gasteiger partial charge in [-0.25, -0.2) is 0 Å². The van der Waals surface area contributed by atoms with Crippen molar-refractivity contribution in [2.45, 2.75) is 26.4 Å². The number of aryl methyl sites for hydroxylation is 1. The number of benzene rings is 1. The SMILES string of the molecule is Cc1nnc(NCc2ccc3[nH]c(C(C)N(C)C)cc3c2)s1. The van der Waals surface area contributed by atoms with Crippen molar-refractivity contribution >= 4 is 27.4 Å². The van der Waals surface area contributed by atoms with Crippen LogP contribution in [0.25, 0.3) is 10.9 Å². The predicted octanol–water partition coefficient (Wildman–Crippen LogP) is 3.56. The molecule has 0 saturated carbocycles. The van der Waals surface area contributed by atoms with Crippen LogP contribution in [0.1, 0.15) is 29.2 Å². The molecule has 3 rings (SSSR count). The molecular weight excluding hydrogens is 294 g/mol. The molecule has 2 N–H and O–H groups in total. The summed E-state index contributed by atoms with van der Waals surface area (Å²) in [4.78, 5) is 5.70. The number of hydrogen-bond acceptors (Lipinski definition) is 5. The molecule has 1 atom stereocenters. The molecule has 5 nitrogen and oxygen atoms in total. The summed E-state index contributed by atoms with van der Waals surface area (Å²) in [5.41, 5.74) is 3.66. The maximum absolute atomic E-state index is 4.09. The zero-order valence-electron chi connectivity index (χ0n) is 13.3. The Bertz CT molecular complexity index is 774. The fourth-order valence-electron chi connectivity index (χ4n) is 2.36. The maximum atomic E-state index is 4.09. The molecule has 0 saturated heterocycles. The van der Waals surface area contributed by atoms with Gasteiger partial charge in [0.25, 0.3) is 0 Å². The Morgan fingerprint density at radius 1 is 1.27 bits per heavy atom. The first-order valence-corrected chi connectivity index (χ1v) is 8.16. The molecule has 3 aromatic rings. The summed E-state index contributed by atoms with van der Waals surface area (Å²) in [6.45, 7) is 4.92. The first-order valence-electron chi connectivity index (χ1n) is 7.35. The first kappa shape index (κ1) is 15.0. The van der Waals surface area contributed by atoms with Crippen LogP contribution in [0.5, 0.6) is 0 Å². The number of aromatic amines is 1. The highest BCUT2D eigenvalue weighted by molar-refractivity contribution is 7.15. The average molecular weight is 315 g/mol. The summed E-state index contributed by atoms with van der Waals surface area (Å²) in [6, 6.07) is 9.11. The summed E-state index contributed by atoms with van der Waals surface area (Å²) < 4.78 is 0. The van der Waals surface area contributed by atoms with Gasteiger partial charge in [-0.3, -0.25) is 0 Å². The second-order valence-electron chi connectivity index (χ2n) is 5.77. The molecule has 0 radical (unpaired) electrons. The van der Waals surface area contributed by atoms with Gasteiger partial charge >= 0.3 is 0 Å². The molecule has 0 bridgehead atoms. The van der Waals surface area contributed by atoms with Crippen molar-refractivity contribution in [2.24, 2.45) is 0 Å². The molecule has 2 heterocycles. The van der Waals surface area contributed by atoms with Crippen LogP contribution in [0.4, 0.5) is 5.13 Å². The first-order chi connectivity index (χ1) is 10.5. The van der Waals surface area contributed by atoms with Gasteiger partial charge < -0.3 is 15.2 Å².